The quantitative estimate of drug-likeness (QED) is 0.878. The number of carbonyl (C=O) groups excluding carboxylic acids is 1. The number of aryl methyl sites for hydroxylation is 1. The summed E-state index contributed by atoms with van der Waals surface area (Å²) in [5, 5.41) is 3.00. The van der Waals surface area contributed by atoms with Gasteiger partial charge in [-0.3, -0.25) is 9.69 Å². The van der Waals surface area contributed by atoms with Crippen LogP contribution in [0.15, 0.2) is 18.3 Å². The van der Waals surface area contributed by atoms with Crippen molar-refractivity contribution in [1.29, 1.82) is 0 Å². The molecule has 1 aliphatic rings. The van der Waals surface area contributed by atoms with E-state index < -0.39 is 0 Å². The van der Waals surface area contributed by atoms with Crippen molar-refractivity contribution in [1.82, 2.24) is 14.8 Å². The van der Waals surface area contributed by atoms with Crippen molar-refractivity contribution in [3.8, 4) is 0 Å². The summed E-state index contributed by atoms with van der Waals surface area (Å²) in [4.78, 5) is 14.4. The van der Waals surface area contributed by atoms with Crippen molar-refractivity contribution in [3.05, 3.63) is 24.0 Å². The lowest BCUT2D eigenvalue weighted by Crippen LogP contribution is -2.52. The van der Waals surface area contributed by atoms with E-state index in [0.29, 0.717) is 24.3 Å². The Morgan fingerprint density at radius 3 is 3.05 bits per heavy atom. The van der Waals surface area contributed by atoms with Gasteiger partial charge in [0.15, 0.2) is 0 Å². The SMILES string of the molecule is C[C@@H]1COCCN1[C@@H](C)CNC(=O)c1cccn1C. The zero-order valence-corrected chi connectivity index (χ0v) is 11.9. The normalized spacial score (nSPS) is 22.2. The van der Waals surface area contributed by atoms with Crippen LogP contribution < -0.4 is 5.32 Å². The van der Waals surface area contributed by atoms with E-state index in [-0.39, 0.29) is 5.91 Å². The third kappa shape index (κ3) is 3.36. The smallest absolute Gasteiger partial charge is 0.267 e. The number of nitrogens with one attached hydrogen (secondary N) is 1. The monoisotopic (exact) mass is 265 g/mol. The summed E-state index contributed by atoms with van der Waals surface area (Å²) >= 11 is 0. The topological polar surface area (TPSA) is 46.5 Å². The predicted molar refractivity (Wildman–Crippen MR) is 74.2 cm³/mol. The lowest BCUT2D eigenvalue weighted by atomic mass is 10.2. The third-order valence-corrected chi connectivity index (χ3v) is 3.72. The van der Waals surface area contributed by atoms with Crippen LogP contribution in [0.4, 0.5) is 0 Å². The molecule has 2 atom stereocenters. The average Bonchev–Trinajstić information content (AvgIpc) is 2.82. The molecule has 1 aromatic heterocycles. The number of aromatic nitrogens is 1. The Kier molecular flexibility index (Phi) is 4.61. The second-order valence-corrected chi connectivity index (χ2v) is 5.23. The lowest BCUT2D eigenvalue weighted by Gasteiger charge is -2.37. The minimum Gasteiger partial charge on any atom is -0.379 e. The second-order valence-electron chi connectivity index (χ2n) is 5.23. The standard InChI is InChI=1S/C14H23N3O2/c1-11(17-7-8-19-10-12(17)2)9-15-14(18)13-5-4-6-16(13)3/h4-6,11-12H,7-10H2,1-3H3,(H,15,18)/t11-,12+/m0/s1. The highest BCUT2D eigenvalue weighted by Crippen LogP contribution is 2.10. The molecule has 19 heavy (non-hydrogen) atoms. The molecule has 0 saturated carbocycles. The van der Waals surface area contributed by atoms with Crippen LogP contribution in [0.5, 0.6) is 0 Å². The number of hydrogen-bond donors (Lipinski definition) is 1. The molecule has 1 aromatic rings. The first-order valence-electron chi connectivity index (χ1n) is 6.82. The average molecular weight is 265 g/mol. The second kappa shape index (κ2) is 6.21. The number of hydrogen-bond acceptors (Lipinski definition) is 3. The summed E-state index contributed by atoms with van der Waals surface area (Å²) in [5.41, 5.74) is 0.697. The van der Waals surface area contributed by atoms with Gasteiger partial charge in [0.05, 0.1) is 13.2 Å². The minimum atomic E-state index is -0.0136. The molecule has 1 aliphatic heterocycles. The Hall–Kier alpha value is -1.33. The highest BCUT2D eigenvalue weighted by molar-refractivity contribution is 5.92. The molecule has 0 unspecified atom stereocenters. The van der Waals surface area contributed by atoms with Crippen molar-refractivity contribution in [2.75, 3.05) is 26.3 Å². The van der Waals surface area contributed by atoms with Gasteiger partial charge in [-0.05, 0) is 26.0 Å². The molecule has 0 spiro atoms. The van der Waals surface area contributed by atoms with E-state index in [2.05, 4.69) is 24.1 Å². The van der Waals surface area contributed by atoms with Crippen LogP contribution in [0, 0.1) is 0 Å². The van der Waals surface area contributed by atoms with Crippen LogP contribution in [0.25, 0.3) is 0 Å². The number of nitrogens with zero attached hydrogens (tertiary/aromatic N) is 2. The van der Waals surface area contributed by atoms with Crippen LogP contribution >= 0.6 is 0 Å². The molecule has 0 radical (unpaired) electrons. The van der Waals surface area contributed by atoms with Crippen LogP contribution in [0.1, 0.15) is 24.3 Å². The molecule has 0 aromatic carbocycles. The van der Waals surface area contributed by atoms with Gasteiger partial charge in [0.2, 0.25) is 0 Å². The zero-order chi connectivity index (χ0) is 13.8. The highest BCUT2D eigenvalue weighted by Gasteiger charge is 2.24. The van der Waals surface area contributed by atoms with Gasteiger partial charge in [-0.2, -0.15) is 0 Å². The number of morpholine rings is 1. The molecule has 2 heterocycles. The van der Waals surface area contributed by atoms with Crippen molar-refractivity contribution in [2.24, 2.45) is 7.05 Å². The summed E-state index contributed by atoms with van der Waals surface area (Å²) in [6.07, 6.45) is 1.88. The zero-order valence-electron chi connectivity index (χ0n) is 11.9. The van der Waals surface area contributed by atoms with E-state index in [0.717, 1.165) is 19.8 Å². The number of ether oxygens (including phenoxy) is 1. The van der Waals surface area contributed by atoms with Crippen molar-refractivity contribution in [2.45, 2.75) is 25.9 Å². The molecule has 0 bridgehead atoms. The Morgan fingerprint density at radius 2 is 2.42 bits per heavy atom. The van der Waals surface area contributed by atoms with Gasteiger partial charge in [0, 0.05) is 38.4 Å². The first kappa shape index (κ1) is 14.1. The van der Waals surface area contributed by atoms with E-state index in [4.69, 9.17) is 4.74 Å². The molecule has 106 valence electrons. The van der Waals surface area contributed by atoms with E-state index in [1.807, 2.05) is 29.9 Å². The first-order valence-corrected chi connectivity index (χ1v) is 6.82. The summed E-state index contributed by atoms with van der Waals surface area (Å²) in [7, 11) is 1.88. The van der Waals surface area contributed by atoms with Gasteiger partial charge in [0.25, 0.3) is 5.91 Å². The Labute approximate surface area is 114 Å². The molecule has 5 nitrogen and oxygen atoms in total. The first-order chi connectivity index (χ1) is 9.09. The van der Waals surface area contributed by atoms with Crippen LogP contribution in [-0.4, -0.2) is 53.8 Å². The Bertz CT molecular complexity index is 430. The van der Waals surface area contributed by atoms with Gasteiger partial charge in [0.1, 0.15) is 5.69 Å². The van der Waals surface area contributed by atoms with E-state index >= 15 is 0 Å². The fourth-order valence-corrected chi connectivity index (χ4v) is 2.54. The summed E-state index contributed by atoms with van der Waals surface area (Å²) < 4.78 is 7.26. The molecule has 1 saturated heterocycles. The maximum Gasteiger partial charge on any atom is 0.267 e. The molecular weight excluding hydrogens is 242 g/mol. The Balaban J connectivity index is 1.84. The van der Waals surface area contributed by atoms with Crippen LogP contribution in [-0.2, 0) is 11.8 Å². The van der Waals surface area contributed by atoms with Gasteiger partial charge in [-0.15, -0.1) is 0 Å². The van der Waals surface area contributed by atoms with E-state index in [1.165, 1.54) is 0 Å². The van der Waals surface area contributed by atoms with Crippen LogP contribution in [0.3, 0.4) is 0 Å². The van der Waals surface area contributed by atoms with Gasteiger partial charge < -0.3 is 14.6 Å². The third-order valence-electron chi connectivity index (χ3n) is 3.72. The molecular formula is C14H23N3O2. The maximum atomic E-state index is 12.0. The fraction of sp³-hybridized carbons (Fsp3) is 0.643. The molecule has 0 aliphatic carbocycles. The summed E-state index contributed by atoms with van der Waals surface area (Å²) in [6.45, 7) is 7.45. The largest absolute Gasteiger partial charge is 0.379 e. The Morgan fingerprint density at radius 1 is 1.63 bits per heavy atom. The van der Waals surface area contributed by atoms with Crippen molar-refractivity contribution in [3.63, 3.8) is 0 Å². The van der Waals surface area contributed by atoms with Gasteiger partial charge >= 0.3 is 0 Å². The molecule has 1 amide bonds. The maximum absolute atomic E-state index is 12.0. The van der Waals surface area contributed by atoms with Crippen molar-refractivity contribution < 1.29 is 9.53 Å². The number of amides is 1. The van der Waals surface area contributed by atoms with E-state index in [9.17, 15) is 4.79 Å². The predicted octanol–water partition coefficient (Wildman–Crippen LogP) is 0.864. The molecule has 1 fully saturated rings. The molecule has 5 heteroatoms. The molecule has 2 rings (SSSR count). The summed E-state index contributed by atoms with van der Waals surface area (Å²) in [6, 6.07) is 4.44. The minimum absolute atomic E-state index is 0.0136. The van der Waals surface area contributed by atoms with Gasteiger partial charge in [-0.1, -0.05) is 0 Å². The van der Waals surface area contributed by atoms with E-state index in [1.54, 1.807) is 0 Å². The number of carbonyl (C=O) groups is 1. The molecule has 1 N–H and O–H groups in total. The highest BCUT2D eigenvalue weighted by atomic mass is 16.5. The summed E-state index contributed by atoms with van der Waals surface area (Å²) in [5.74, 6) is -0.0136. The van der Waals surface area contributed by atoms with Crippen molar-refractivity contribution >= 4 is 5.91 Å². The lowest BCUT2D eigenvalue weighted by molar-refractivity contribution is -0.0178. The number of rotatable bonds is 4. The van der Waals surface area contributed by atoms with Gasteiger partial charge in [-0.25, -0.2) is 0 Å². The van der Waals surface area contributed by atoms with Crippen LogP contribution in [0.2, 0.25) is 0 Å². The fourth-order valence-electron chi connectivity index (χ4n) is 2.54.